The minimum Gasteiger partial charge on any atom is -0.395 e. The van der Waals surface area contributed by atoms with E-state index in [9.17, 15) is 0 Å². The van der Waals surface area contributed by atoms with E-state index in [-0.39, 0.29) is 11.4 Å². The molecule has 0 saturated heterocycles. The SMILES string of the molecule is C/C=C\[C@@](C)(CO)SC(C)=NC. The van der Waals surface area contributed by atoms with Crippen LogP contribution in [-0.2, 0) is 0 Å². The second-order valence-corrected chi connectivity index (χ2v) is 4.54. The van der Waals surface area contributed by atoms with Gasteiger partial charge in [0.15, 0.2) is 0 Å². The van der Waals surface area contributed by atoms with Crippen molar-refractivity contribution in [1.82, 2.24) is 0 Å². The molecule has 0 bridgehead atoms. The van der Waals surface area contributed by atoms with Crippen molar-refractivity contribution in [3.8, 4) is 0 Å². The molecule has 0 amide bonds. The maximum absolute atomic E-state index is 9.13. The Morgan fingerprint density at radius 1 is 1.67 bits per heavy atom. The van der Waals surface area contributed by atoms with E-state index >= 15 is 0 Å². The van der Waals surface area contributed by atoms with Crippen molar-refractivity contribution in [2.24, 2.45) is 4.99 Å². The molecular formula is C9H17NOS. The van der Waals surface area contributed by atoms with Gasteiger partial charge in [-0.3, -0.25) is 4.99 Å². The van der Waals surface area contributed by atoms with Crippen LogP contribution < -0.4 is 0 Å². The van der Waals surface area contributed by atoms with Crippen LogP contribution in [0.2, 0.25) is 0 Å². The van der Waals surface area contributed by atoms with Crippen molar-refractivity contribution < 1.29 is 5.11 Å². The number of aliphatic hydroxyl groups excluding tert-OH is 1. The van der Waals surface area contributed by atoms with Crippen molar-refractivity contribution in [2.75, 3.05) is 13.7 Å². The predicted octanol–water partition coefficient (Wildman–Crippen LogP) is 2.09. The summed E-state index contributed by atoms with van der Waals surface area (Å²) in [4.78, 5) is 4.04. The van der Waals surface area contributed by atoms with Crippen LogP contribution in [0.15, 0.2) is 17.1 Å². The molecule has 1 atom stereocenters. The molecular weight excluding hydrogens is 170 g/mol. The summed E-state index contributed by atoms with van der Waals surface area (Å²) in [6.07, 6.45) is 3.94. The summed E-state index contributed by atoms with van der Waals surface area (Å²) in [5.74, 6) is 0. The molecule has 0 saturated carbocycles. The van der Waals surface area contributed by atoms with Gasteiger partial charge in [-0.25, -0.2) is 0 Å². The Balaban J connectivity index is 4.33. The zero-order valence-corrected chi connectivity index (χ0v) is 8.98. The Kier molecular flexibility index (Phi) is 5.25. The van der Waals surface area contributed by atoms with Crippen LogP contribution in [-0.4, -0.2) is 28.6 Å². The second-order valence-electron chi connectivity index (χ2n) is 2.82. The lowest BCUT2D eigenvalue weighted by Gasteiger charge is -2.21. The highest BCUT2D eigenvalue weighted by atomic mass is 32.2. The largest absolute Gasteiger partial charge is 0.395 e. The molecule has 0 aromatic carbocycles. The fraction of sp³-hybridized carbons (Fsp3) is 0.667. The van der Waals surface area contributed by atoms with Gasteiger partial charge in [0.2, 0.25) is 0 Å². The summed E-state index contributed by atoms with van der Waals surface area (Å²) in [5, 5.41) is 10.1. The average Bonchev–Trinajstić information content (AvgIpc) is 2.05. The minimum absolute atomic E-state index is 0.134. The lowest BCUT2D eigenvalue weighted by molar-refractivity contribution is 0.277. The fourth-order valence-corrected chi connectivity index (χ4v) is 1.89. The van der Waals surface area contributed by atoms with Crippen LogP contribution in [0, 0.1) is 0 Å². The molecule has 3 heteroatoms. The lowest BCUT2D eigenvalue weighted by Crippen LogP contribution is -2.23. The van der Waals surface area contributed by atoms with Crippen LogP contribution in [0.5, 0.6) is 0 Å². The topological polar surface area (TPSA) is 32.6 Å². The van der Waals surface area contributed by atoms with Crippen molar-refractivity contribution in [3.63, 3.8) is 0 Å². The summed E-state index contributed by atoms with van der Waals surface area (Å²) in [5.41, 5.74) is 0. The number of hydrogen-bond donors (Lipinski definition) is 1. The smallest absolute Gasteiger partial charge is 0.0650 e. The molecule has 0 aliphatic heterocycles. The number of hydrogen-bond acceptors (Lipinski definition) is 3. The average molecular weight is 187 g/mol. The predicted molar refractivity (Wildman–Crippen MR) is 56.9 cm³/mol. The Labute approximate surface area is 78.8 Å². The van der Waals surface area contributed by atoms with Gasteiger partial charge in [0.25, 0.3) is 0 Å². The van der Waals surface area contributed by atoms with Gasteiger partial charge in [-0.05, 0) is 20.8 Å². The first-order valence-corrected chi connectivity index (χ1v) is 4.76. The molecule has 0 radical (unpaired) electrons. The van der Waals surface area contributed by atoms with E-state index in [2.05, 4.69) is 4.99 Å². The zero-order chi connectivity index (χ0) is 9.61. The maximum Gasteiger partial charge on any atom is 0.0650 e. The summed E-state index contributed by atoms with van der Waals surface area (Å²) in [6, 6.07) is 0. The molecule has 0 aromatic heterocycles. The minimum atomic E-state index is -0.224. The molecule has 0 aliphatic rings. The van der Waals surface area contributed by atoms with Gasteiger partial charge in [-0.2, -0.15) is 0 Å². The number of aliphatic imine (C=N–C) groups is 1. The number of rotatable bonds is 3. The maximum atomic E-state index is 9.13. The molecule has 2 nitrogen and oxygen atoms in total. The Hall–Kier alpha value is -0.280. The first kappa shape index (κ1) is 11.7. The van der Waals surface area contributed by atoms with Gasteiger partial charge < -0.3 is 5.11 Å². The Morgan fingerprint density at radius 3 is 2.58 bits per heavy atom. The molecule has 1 N–H and O–H groups in total. The van der Waals surface area contributed by atoms with Crippen LogP contribution >= 0.6 is 11.8 Å². The summed E-state index contributed by atoms with van der Waals surface area (Å²) < 4.78 is -0.224. The first-order valence-electron chi connectivity index (χ1n) is 3.95. The van der Waals surface area contributed by atoms with Crippen LogP contribution in [0.4, 0.5) is 0 Å². The number of thioether (sulfide) groups is 1. The fourth-order valence-electron chi connectivity index (χ4n) is 0.855. The van der Waals surface area contributed by atoms with Crippen LogP contribution in [0.1, 0.15) is 20.8 Å². The quantitative estimate of drug-likeness (QED) is 0.417. The summed E-state index contributed by atoms with van der Waals surface area (Å²) in [6.45, 7) is 6.02. The third-order valence-electron chi connectivity index (χ3n) is 1.53. The van der Waals surface area contributed by atoms with Crippen molar-refractivity contribution in [3.05, 3.63) is 12.2 Å². The number of aliphatic hydroxyl groups is 1. The molecule has 0 rings (SSSR count). The van der Waals surface area contributed by atoms with Gasteiger partial charge >= 0.3 is 0 Å². The van der Waals surface area contributed by atoms with E-state index in [1.807, 2.05) is 32.9 Å². The highest BCUT2D eigenvalue weighted by Crippen LogP contribution is 2.27. The number of nitrogens with zero attached hydrogens (tertiary/aromatic N) is 1. The Morgan fingerprint density at radius 2 is 2.25 bits per heavy atom. The van der Waals surface area contributed by atoms with E-state index < -0.39 is 0 Å². The Bertz CT molecular complexity index is 189. The van der Waals surface area contributed by atoms with E-state index in [1.165, 1.54) is 0 Å². The highest BCUT2D eigenvalue weighted by molar-refractivity contribution is 8.15. The molecule has 0 aromatic rings. The standard InChI is InChI=1S/C9H17NOS/c1-5-6-9(3,7-11)12-8(2)10-4/h5-6,11H,7H2,1-4H3/b6-5-,10-8?/t9-/m0/s1. The molecule has 0 heterocycles. The normalized spacial score (nSPS) is 18.2. The van der Waals surface area contributed by atoms with E-state index in [1.54, 1.807) is 18.8 Å². The summed E-state index contributed by atoms with van der Waals surface area (Å²) in [7, 11) is 1.76. The highest BCUT2D eigenvalue weighted by Gasteiger charge is 2.20. The monoisotopic (exact) mass is 187 g/mol. The number of allylic oxidation sites excluding steroid dienone is 1. The van der Waals surface area contributed by atoms with Crippen LogP contribution in [0.25, 0.3) is 0 Å². The molecule has 0 fully saturated rings. The van der Waals surface area contributed by atoms with Crippen LogP contribution in [0.3, 0.4) is 0 Å². The van der Waals surface area contributed by atoms with Crippen molar-refractivity contribution in [2.45, 2.75) is 25.5 Å². The molecule has 0 aliphatic carbocycles. The van der Waals surface area contributed by atoms with E-state index in [0.29, 0.717) is 0 Å². The summed E-state index contributed by atoms with van der Waals surface area (Å²) >= 11 is 1.58. The third-order valence-corrected chi connectivity index (χ3v) is 2.74. The molecule has 0 unspecified atom stereocenters. The van der Waals surface area contributed by atoms with E-state index in [4.69, 9.17) is 5.11 Å². The van der Waals surface area contributed by atoms with Crippen molar-refractivity contribution >= 4 is 16.8 Å². The van der Waals surface area contributed by atoms with Crippen molar-refractivity contribution in [1.29, 1.82) is 0 Å². The van der Waals surface area contributed by atoms with Gasteiger partial charge in [0, 0.05) is 7.05 Å². The molecule has 70 valence electrons. The van der Waals surface area contributed by atoms with Gasteiger partial charge in [-0.15, -0.1) is 0 Å². The molecule has 12 heavy (non-hydrogen) atoms. The van der Waals surface area contributed by atoms with Gasteiger partial charge in [0.05, 0.1) is 16.4 Å². The third kappa shape index (κ3) is 3.93. The molecule has 0 spiro atoms. The van der Waals surface area contributed by atoms with Gasteiger partial charge in [-0.1, -0.05) is 23.9 Å². The zero-order valence-electron chi connectivity index (χ0n) is 8.16. The van der Waals surface area contributed by atoms with E-state index in [0.717, 1.165) is 5.04 Å². The van der Waals surface area contributed by atoms with Gasteiger partial charge in [0.1, 0.15) is 0 Å². The lowest BCUT2D eigenvalue weighted by atomic mass is 10.2. The first-order chi connectivity index (χ1) is 5.58. The second kappa shape index (κ2) is 5.38.